The van der Waals surface area contributed by atoms with Crippen molar-refractivity contribution in [2.45, 2.75) is 30.7 Å². The Labute approximate surface area is 82.0 Å². The van der Waals surface area contributed by atoms with Gasteiger partial charge in [0.2, 0.25) is 0 Å². The molecule has 3 N–H and O–H groups in total. The molecule has 0 saturated carbocycles. The lowest BCUT2D eigenvalue weighted by molar-refractivity contribution is -0.298. The molecule has 1 aliphatic heterocycles. The van der Waals surface area contributed by atoms with Crippen molar-refractivity contribution in [1.82, 2.24) is 0 Å². The molecule has 0 spiro atoms. The number of aliphatic hydroxyl groups excluding tert-OH is 3. The molecule has 0 unspecified atom stereocenters. The van der Waals surface area contributed by atoms with Gasteiger partial charge in [0, 0.05) is 14.2 Å². The zero-order valence-electron chi connectivity index (χ0n) is 8.16. The average molecular weight is 208 g/mol. The minimum atomic E-state index is -1.07. The zero-order chi connectivity index (χ0) is 10.7. The van der Waals surface area contributed by atoms with Crippen LogP contribution in [-0.2, 0) is 14.2 Å². The fourth-order valence-electron chi connectivity index (χ4n) is 1.53. The predicted octanol–water partition coefficient (Wildman–Crippen LogP) is -1.91. The molecule has 0 bridgehead atoms. The molecular weight excluding hydrogens is 192 g/mol. The molecule has 5 atom stereocenters. The Bertz CT molecular complexity index is 159. The summed E-state index contributed by atoms with van der Waals surface area (Å²) in [4.78, 5) is 0. The Morgan fingerprint density at radius 2 is 1.79 bits per heavy atom. The molecule has 0 aromatic heterocycles. The smallest absolute Gasteiger partial charge is 0.186 e. The number of methoxy groups -OCH3 is 2. The highest BCUT2D eigenvalue weighted by Crippen LogP contribution is 2.23. The van der Waals surface area contributed by atoms with Crippen molar-refractivity contribution in [2.75, 3.05) is 20.8 Å². The normalized spacial score (nSPS) is 43.9. The Morgan fingerprint density at radius 1 is 1.14 bits per heavy atom. The predicted molar refractivity (Wildman–Crippen MR) is 45.6 cm³/mol. The van der Waals surface area contributed by atoms with Crippen molar-refractivity contribution in [3.8, 4) is 0 Å². The molecule has 1 aliphatic rings. The van der Waals surface area contributed by atoms with Crippen LogP contribution in [0.15, 0.2) is 0 Å². The van der Waals surface area contributed by atoms with Gasteiger partial charge in [0.1, 0.15) is 24.4 Å². The second kappa shape index (κ2) is 5.01. The largest absolute Gasteiger partial charge is 0.394 e. The van der Waals surface area contributed by atoms with E-state index in [0.29, 0.717) is 0 Å². The van der Waals surface area contributed by atoms with Gasteiger partial charge >= 0.3 is 0 Å². The number of ether oxygens (including phenoxy) is 3. The van der Waals surface area contributed by atoms with Crippen molar-refractivity contribution < 1.29 is 29.5 Å². The molecule has 1 fully saturated rings. The molecule has 1 rings (SSSR count). The monoisotopic (exact) mass is 208 g/mol. The van der Waals surface area contributed by atoms with Gasteiger partial charge in [0.15, 0.2) is 6.29 Å². The number of hydrogen-bond acceptors (Lipinski definition) is 6. The van der Waals surface area contributed by atoms with Gasteiger partial charge in [-0.25, -0.2) is 0 Å². The molecule has 6 nitrogen and oxygen atoms in total. The standard InChI is InChI=1S/C8H16O6/c1-12-7-5(10)4(3-9)14-8(13-2)6(7)11/h4-11H,3H2,1-2H3/t4-,5-,6+,7-,8-/m0/s1. The van der Waals surface area contributed by atoms with Crippen LogP contribution in [0.2, 0.25) is 0 Å². The minimum absolute atomic E-state index is 0.354. The molecule has 0 aromatic carbocycles. The second-order valence-corrected chi connectivity index (χ2v) is 3.14. The van der Waals surface area contributed by atoms with Gasteiger partial charge in [-0.3, -0.25) is 0 Å². The fourth-order valence-corrected chi connectivity index (χ4v) is 1.53. The summed E-state index contributed by atoms with van der Waals surface area (Å²) >= 11 is 0. The molecule has 1 heterocycles. The van der Waals surface area contributed by atoms with Gasteiger partial charge in [-0.1, -0.05) is 0 Å². The van der Waals surface area contributed by atoms with Crippen LogP contribution in [0.5, 0.6) is 0 Å². The van der Waals surface area contributed by atoms with E-state index in [9.17, 15) is 10.2 Å². The third-order valence-electron chi connectivity index (χ3n) is 2.33. The van der Waals surface area contributed by atoms with E-state index in [-0.39, 0.29) is 6.61 Å². The maximum absolute atomic E-state index is 9.60. The molecule has 84 valence electrons. The topological polar surface area (TPSA) is 88.4 Å². The minimum Gasteiger partial charge on any atom is -0.394 e. The summed E-state index contributed by atoms with van der Waals surface area (Å²) in [7, 11) is 2.73. The lowest BCUT2D eigenvalue weighted by atomic mass is 9.99. The van der Waals surface area contributed by atoms with Crippen molar-refractivity contribution in [1.29, 1.82) is 0 Å². The second-order valence-electron chi connectivity index (χ2n) is 3.14. The Hall–Kier alpha value is -0.240. The van der Waals surface area contributed by atoms with Crippen molar-refractivity contribution in [3.05, 3.63) is 0 Å². The van der Waals surface area contributed by atoms with Gasteiger partial charge in [0.05, 0.1) is 6.61 Å². The lowest BCUT2D eigenvalue weighted by Crippen LogP contribution is -2.59. The SMILES string of the molecule is CO[C@H]1O[C@@H](CO)[C@H](O)[C@H](OC)[C@H]1O. The highest BCUT2D eigenvalue weighted by Gasteiger charge is 2.44. The van der Waals surface area contributed by atoms with Crippen LogP contribution in [0.1, 0.15) is 0 Å². The van der Waals surface area contributed by atoms with Crippen LogP contribution >= 0.6 is 0 Å². The third kappa shape index (κ3) is 2.05. The van der Waals surface area contributed by atoms with Gasteiger partial charge in [-0.15, -0.1) is 0 Å². The molecular formula is C8H16O6. The van der Waals surface area contributed by atoms with Gasteiger partial charge in [-0.05, 0) is 0 Å². The summed E-state index contributed by atoms with van der Waals surface area (Å²) in [6.45, 7) is -0.354. The Kier molecular flexibility index (Phi) is 4.24. The van der Waals surface area contributed by atoms with Crippen LogP contribution in [0.25, 0.3) is 0 Å². The highest BCUT2D eigenvalue weighted by atomic mass is 16.7. The first-order valence-electron chi connectivity index (χ1n) is 4.33. The van der Waals surface area contributed by atoms with E-state index in [2.05, 4.69) is 0 Å². The Balaban J connectivity index is 2.72. The quantitative estimate of drug-likeness (QED) is 0.501. The number of rotatable bonds is 3. The van der Waals surface area contributed by atoms with Gasteiger partial charge in [-0.2, -0.15) is 0 Å². The van der Waals surface area contributed by atoms with Crippen LogP contribution in [0.3, 0.4) is 0 Å². The van der Waals surface area contributed by atoms with Crippen molar-refractivity contribution in [2.24, 2.45) is 0 Å². The highest BCUT2D eigenvalue weighted by molar-refractivity contribution is 4.89. The first-order valence-corrected chi connectivity index (χ1v) is 4.33. The molecule has 0 aromatic rings. The van der Waals surface area contributed by atoms with E-state index in [1.165, 1.54) is 14.2 Å². The van der Waals surface area contributed by atoms with E-state index in [1.807, 2.05) is 0 Å². The van der Waals surface area contributed by atoms with E-state index >= 15 is 0 Å². The molecule has 0 radical (unpaired) electrons. The van der Waals surface area contributed by atoms with Crippen LogP contribution in [0, 0.1) is 0 Å². The maximum atomic E-state index is 9.60. The van der Waals surface area contributed by atoms with Crippen molar-refractivity contribution in [3.63, 3.8) is 0 Å². The van der Waals surface area contributed by atoms with Crippen LogP contribution in [0.4, 0.5) is 0 Å². The third-order valence-corrected chi connectivity index (χ3v) is 2.33. The number of hydrogen-bond donors (Lipinski definition) is 3. The first kappa shape index (κ1) is 11.8. The van der Waals surface area contributed by atoms with E-state index < -0.39 is 30.7 Å². The van der Waals surface area contributed by atoms with Gasteiger partial charge in [0.25, 0.3) is 0 Å². The fraction of sp³-hybridized carbons (Fsp3) is 1.00. The lowest BCUT2D eigenvalue weighted by Gasteiger charge is -2.40. The van der Waals surface area contributed by atoms with Crippen LogP contribution in [-0.4, -0.2) is 66.9 Å². The summed E-state index contributed by atoms with van der Waals surface area (Å²) in [5, 5.41) is 28.1. The summed E-state index contributed by atoms with van der Waals surface area (Å²) < 4.78 is 14.8. The van der Waals surface area contributed by atoms with E-state index in [4.69, 9.17) is 19.3 Å². The summed E-state index contributed by atoms with van der Waals surface area (Å²) in [6.07, 6.45) is -4.63. The summed E-state index contributed by atoms with van der Waals surface area (Å²) in [5.41, 5.74) is 0. The molecule has 1 saturated heterocycles. The van der Waals surface area contributed by atoms with E-state index in [0.717, 1.165) is 0 Å². The van der Waals surface area contributed by atoms with Crippen LogP contribution < -0.4 is 0 Å². The molecule has 14 heavy (non-hydrogen) atoms. The molecule has 6 heteroatoms. The average Bonchev–Trinajstić information content (AvgIpc) is 2.19. The number of aliphatic hydroxyl groups is 3. The maximum Gasteiger partial charge on any atom is 0.186 e. The Morgan fingerprint density at radius 3 is 2.21 bits per heavy atom. The summed E-state index contributed by atoms with van der Waals surface area (Å²) in [6, 6.07) is 0. The molecule has 0 amide bonds. The van der Waals surface area contributed by atoms with E-state index in [1.54, 1.807) is 0 Å². The zero-order valence-corrected chi connectivity index (χ0v) is 8.16. The van der Waals surface area contributed by atoms with Crippen molar-refractivity contribution >= 4 is 0 Å². The molecule has 0 aliphatic carbocycles. The summed E-state index contributed by atoms with van der Waals surface area (Å²) in [5.74, 6) is 0. The van der Waals surface area contributed by atoms with Gasteiger partial charge < -0.3 is 29.5 Å². The first-order chi connectivity index (χ1) is 6.65.